The Kier molecular flexibility index (Phi) is 4.90. The Balaban J connectivity index is 1.98. The summed E-state index contributed by atoms with van der Waals surface area (Å²) in [4.78, 5) is 24.2. The number of para-hydroxylation sites is 1. The molecule has 0 saturated carbocycles. The van der Waals surface area contributed by atoms with E-state index in [1.165, 1.54) is 12.1 Å². The van der Waals surface area contributed by atoms with Crippen molar-refractivity contribution in [2.24, 2.45) is 0 Å². The van der Waals surface area contributed by atoms with E-state index in [2.05, 4.69) is 0 Å². The van der Waals surface area contributed by atoms with Gasteiger partial charge in [0.15, 0.2) is 0 Å². The number of hydrogen-bond acceptors (Lipinski definition) is 3. The van der Waals surface area contributed by atoms with Crippen LogP contribution >= 0.6 is 0 Å². The molecule has 3 rings (SSSR count). The van der Waals surface area contributed by atoms with Crippen molar-refractivity contribution < 1.29 is 19.4 Å². The molecule has 0 spiro atoms. The summed E-state index contributed by atoms with van der Waals surface area (Å²) >= 11 is 0. The minimum atomic E-state index is -1.14. The maximum Gasteiger partial charge on any atom is 0.339 e. The number of carbonyl (C=O) groups is 2. The van der Waals surface area contributed by atoms with Gasteiger partial charge in [0.05, 0.1) is 0 Å². The highest BCUT2D eigenvalue weighted by Crippen LogP contribution is 2.28. The first-order valence-electron chi connectivity index (χ1n) is 7.80. The van der Waals surface area contributed by atoms with Crippen LogP contribution in [-0.4, -0.2) is 17.0 Å². The monoisotopic (exact) mass is 332 g/mol. The third-order valence-corrected chi connectivity index (χ3v) is 3.83. The van der Waals surface area contributed by atoms with E-state index in [1.54, 1.807) is 12.1 Å². The Morgan fingerprint density at radius 1 is 0.720 bits per heavy atom. The van der Waals surface area contributed by atoms with Crippen molar-refractivity contribution >= 4 is 11.9 Å². The second-order valence-corrected chi connectivity index (χ2v) is 5.48. The van der Waals surface area contributed by atoms with Crippen molar-refractivity contribution in [3.63, 3.8) is 0 Å². The molecule has 0 aromatic heterocycles. The number of carbonyl (C=O) groups excluding carboxylic acids is 1. The molecule has 0 heterocycles. The summed E-state index contributed by atoms with van der Waals surface area (Å²) in [5.41, 5.74) is 1.52. The number of esters is 1. The van der Waals surface area contributed by atoms with Crippen molar-refractivity contribution in [2.45, 2.75) is 5.92 Å². The molecule has 0 saturated heterocycles. The minimum absolute atomic E-state index is 0.0388. The zero-order valence-corrected chi connectivity index (χ0v) is 13.3. The van der Waals surface area contributed by atoms with Crippen LogP contribution < -0.4 is 4.74 Å². The van der Waals surface area contributed by atoms with E-state index in [4.69, 9.17) is 4.74 Å². The summed E-state index contributed by atoms with van der Waals surface area (Å²) in [6.45, 7) is 0. The highest BCUT2D eigenvalue weighted by atomic mass is 16.5. The van der Waals surface area contributed by atoms with Crippen LogP contribution in [0.25, 0.3) is 0 Å². The number of aromatic carboxylic acids is 1. The van der Waals surface area contributed by atoms with Gasteiger partial charge in [-0.15, -0.1) is 0 Å². The van der Waals surface area contributed by atoms with Gasteiger partial charge in [0, 0.05) is 0 Å². The first-order chi connectivity index (χ1) is 12.2. The van der Waals surface area contributed by atoms with E-state index in [0.717, 1.165) is 11.1 Å². The predicted octanol–water partition coefficient (Wildman–Crippen LogP) is 4.12. The molecule has 0 fully saturated rings. The second-order valence-electron chi connectivity index (χ2n) is 5.48. The van der Waals surface area contributed by atoms with Crippen LogP contribution in [-0.2, 0) is 4.79 Å². The van der Waals surface area contributed by atoms with E-state index in [1.807, 2.05) is 60.7 Å². The maximum atomic E-state index is 12.9. The fraction of sp³-hybridized carbons (Fsp3) is 0.0476. The Morgan fingerprint density at radius 3 is 1.72 bits per heavy atom. The molecule has 0 radical (unpaired) electrons. The summed E-state index contributed by atoms with van der Waals surface area (Å²) in [5, 5.41) is 9.26. The van der Waals surface area contributed by atoms with Gasteiger partial charge in [0.25, 0.3) is 0 Å². The van der Waals surface area contributed by atoms with Crippen molar-refractivity contribution in [1.82, 2.24) is 0 Å². The smallest absolute Gasteiger partial charge is 0.339 e. The number of hydrogen-bond donors (Lipinski definition) is 1. The van der Waals surface area contributed by atoms with E-state index < -0.39 is 17.9 Å². The van der Waals surface area contributed by atoms with E-state index in [0.29, 0.717) is 0 Å². The van der Waals surface area contributed by atoms with Gasteiger partial charge in [-0.05, 0) is 23.3 Å². The fourth-order valence-corrected chi connectivity index (χ4v) is 2.66. The Labute approximate surface area is 145 Å². The Bertz CT molecular complexity index is 833. The molecule has 1 N–H and O–H groups in total. The largest absolute Gasteiger partial charge is 0.478 e. The molecule has 0 aliphatic rings. The summed E-state index contributed by atoms with van der Waals surface area (Å²) in [6.07, 6.45) is 0. The molecule has 25 heavy (non-hydrogen) atoms. The fourth-order valence-electron chi connectivity index (χ4n) is 2.66. The van der Waals surface area contributed by atoms with Gasteiger partial charge in [-0.3, -0.25) is 4.79 Å². The van der Waals surface area contributed by atoms with Gasteiger partial charge in [-0.2, -0.15) is 0 Å². The number of ether oxygens (including phenoxy) is 1. The highest BCUT2D eigenvalue weighted by molar-refractivity contribution is 5.93. The van der Waals surface area contributed by atoms with Gasteiger partial charge in [0.1, 0.15) is 17.2 Å². The van der Waals surface area contributed by atoms with Crippen LogP contribution in [0, 0.1) is 0 Å². The third kappa shape index (κ3) is 3.75. The van der Waals surface area contributed by atoms with Gasteiger partial charge < -0.3 is 9.84 Å². The lowest BCUT2D eigenvalue weighted by atomic mass is 9.91. The van der Waals surface area contributed by atoms with Crippen LogP contribution in [0.3, 0.4) is 0 Å². The molecule has 0 amide bonds. The molecule has 0 aliphatic heterocycles. The second kappa shape index (κ2) is 7.45. The minimum Gasteiger partial charge on any atom is -0.478 e. The van der Waals surface area contributed by atoms with Crippen molar-refractivity contribution in [2.75, 3.05) is 0 Å². The average Bonchev–Trinajstić information content (AvgIpc) is 2.64. The highest BCUT2D eigenvalue weighted by Gasteiger charge is 2.26. The molecule has 3 aromatic rings. The summed E-state index contributed by atoms with van der Waals surface area (Å²) in [6, 6.07) is 24.7. The molecule has 4 nitrogen and oxygen atoms in total. The summed E-state index contributed by atoms with van der Waals surface area (Å²) in [5.74, 6) is -2.26. The van der Waals surface area contributed by atoms with Crippen molar-refractivity contribution in [3.8, 4) is 5.75 Å². The van der Waals surface area contributed by atoms with E-state index in [-0.39, 0.29) is 11.3 Å². The van der Waals surface area contributed by atoms with Crippen LogP contribution in [0.1, 0.15) is 27.4 Å². The standard InChI is InChI=1S/C21H16O4/c22-20(23)17-13-7-8-14-18(17)25-21(24)19(15-9-3-1-4-10-15)16-11-5-2-6-12-16/h1-14,19H,(H,22,23). The Morgan fingerprint density at radius 2 is 1.20 bits per heavy atom. The number of carboxylic acids is 1. The van der Waals surface area contributed by atoms with Gasteiger partial charge in [0.2, 0.25) is 0 Å². The number of benzene rings is 3. The Hall–Kier alpha value is -3.40. The lowest BCUT2D eigenvalue weighted by Crippen LogP contribution is -2.21. The van der Waals surface area contributed by atoms with Gasteiger partial charge in [-0.1, -0.05) is 72.8 Å². The molecule has 0 aliphatic carbocycles. The van der Waals surface area contributed by atoms with Gasteiger partial charge >= 0.3 is 11.9 Å². The van der Waals surface area contributed by atoms with E-state index in [9.17, 15) is 14.7 Å². The molecule has 3 aromatic carbocycles. The molecular formula is C21H16O4. The van der Waals surface area contributed by atoms with Gasteiger partial charge in [-0.25, -0.2) is 4.79 Å². The summed E-state index contributed by atoms with van der Waals surface area (Å²) in [7, 11) is 0. The van der Waals surface area contributed by atoms with E-state index >= 15 is 0 Å². The lowest BCUT2D eigenvalue weighted by molar-refractivity contribution is -0.135. The summed E-state index contributed by atoms with van der Waals surface area (Å²) < 4.78 is 5.46. The third-order valence-electron chi connectivity index (χ3n) is 3.83. The lowest BCUT2D eigenvalue weighted by Gasteiger charge is -2.17. The predicted molar refractivity (Wildman–Crippen MR) is 93.8 cm³/mol. The normalized spacial score (nSPS) is 10.4. The SMILES string of the molecule is O=C(O)c1ccccc1OC(=O)C(c1ccccc1)c1ccccc1. The molecule has 124 valence electrons. The number of carboxylic acid groups (broad SMARTS) is 1. The zero-order chi connectivity index (χ0) is 17.6. The molecule has 0 atom stereocenters. The first kappa shape index (κ1) is 16.5. The molecule has 0 unspecified atom stereocenters. The van der Waals surface area contributed by atoms with Crippen LogP contribution in [0.15, 0.2) is 84.9 Å². The molecule has 4 heteroatoms. The van der Waals surface area contributed by atoms with Crippen LogP contribution in [0.4, 0.5) is 0 Å². The van der Waals surface area contributed by atoms with Crippen LogP contribution in [0.2, 0.25) is 0 Å². The number of rotatable bonds is 5. The zero-order valence-electron chi connectivity index (χ0n) is 13.3. The van der Waals surface area contributed by atoms with Crippen LogP contribution in [0.5, 0.6) is 5.75 Å². The van der Waals surface area contributed by atoms with Crippen molar-refractivity contribution in [1.29, 1.82) is 0 Å². The quantitative estimate of drug-likeness (QED) is 0.564. The first-order valence-corrected chi connectivity index (χ1v) is 7.80. The van der Waals surface area contributed by atoms with Crippen molar-refractivity contribution in [3.05, 3.63) is 102 Å². The maximum absolute atomic E-state index is 12.9. The molecule has 0 bridgehead atoms. The molecular weight excluding hydrogens is 316 g/mol. The average molecular weight is 332 g/mol. The topological polar surface area (TPSA) is 63.6 Å².